The van der Waals surface area contributed by atoms with Crippen molar-refractivity contribution in [2.24, 2.45) is 5.73 Å². The van der Waals surface area contributed by atoms with Crippen LogP contribution in [0.15, 0.2) is 40.8 Å². The number of amides is 1. The molecule has 0 bridgehead atoms. The quantitative estimate of drug-likeness (QED) is 0.754. The molecule has 0 radical (unpaired) electrons. The first-order valence-electron chi connectivity index (χ1n) is 8.34. The van der Waals surface area contributed by atoms with E-state index in [0.29, 0.717) is 11.5 Å². The van der Waals surface area contributed by atoms with E-state index in [-0.39, 0.29) is 0 Å². The molecule has 0 fully saturated rings. The second kappa shape index (κ2) is 8.69. The van der Waals surface area contributed by atoms with Crippen LogP contribution in [0.4, 0.5) is 0 Å². The van der Waals surface area contributed by atoms with Crippen molar-refractivity contribution in [2.45, 2.75) is 19.6 Å². The smallest absolute Gasteiger partial charge is 0.258 e. The summed E-state index contributed by atoms with van der Waals surface area (Å²) >= 11 is 0. The number of furan rings is 1. The van der Waals surface area contributed by atoms with Crippen molar-refractivity contribution in [1.29, 1.82) is 0 Å². The average Bonchev–Trinajstić information content (AvgIpc) is 3.01. The number of nitrogens with two attached hydrogens (primary N) is 1. The number of carbonyl (C=O) groups is 1. The lowest BCUT2D eigenvalue weighted by atomic mass is 10.1. The van der Waals surface area contributed by atoms with Crippen molar-refractivity contribution < 1.29 is 13.9 Å². The zero-order chi connectivity index (χ0) is 18.4. The minimum absolute atomic E-state index is 0.502. The molecular formula is C19H27N3O3. The Morgan fingerprint density at radius 3 is 2.56 bits per heavy atom. The predicted octanol–water partition coefficient (Wildman–Crippen LogP) is 2.19. The standard InChI is InChI=1S/C19H27N3O3/c1-14(19(20)23)24-17-8-6-5-7-16(17)18-10-9-15(25-18)13-22(4)12-11-21(2)3/h5-10,14H,11-13H2,1-4H3,(H2,20,23). The van der Waals surface area contributed by atoms with Crippen molar-refractivity contribution in [3.8, 4) is 17.1 Å². The topological polar surface area (TPSA) is 71.9 Å². The van der Waals surface area contributed by atoms with E-state index in [2.05, 4.69) is 30.9 Å². The summed E-state index contributed by atoms with van der Waals surface area (Å²) in [4.78, 5) is 15.6. The molecule has 1 unspecified atom stereocenters. The van der Waals surface area contributed by atoms with Crippen LogP contribution in [0.1, 0.15) is 12.7 Å². The molecule has 6 heteroatoms. The molecule has 1 atom stereocenters. The molecule has 0 aliphatic heterocycles. The number of hydrogen-bond donors (Lipinski definition) is 1. The van der Waals surface area contributed by atoms with Crippen molar-refractivity contribution >= 4 is 5.91 Å². The molecule has 2 rings (SSSR count). The van der Waals surface area contributed by atoms with Gasteiger partial charge in [0, 0.05) is 13.1 Å². The molecule has 0 saturated heterocycles. The number of benzene rings is 1. The summed E-state index contributed by atoms with van der Waals surface area (Å²) in [5, 5.41) is 0. The van der Waals surface area contributed by atoms with Gasteiger partial charge in [0.2, 0.25) is 0 Å². The highest BCUT2D eigenvalue weighted by Crippen LogP contribution is 2.32. The van der Waals surface area contributed by atoms with Crippen LogP contribution in [0, 0.1) is 0 Å². The van der Waals surface area contributed by atoms with E-state index in [9.17, 15) is 4.79 Å². The first-order valence-corrected chi connectivity index (χ1v) is 8.34. The van der Waals surface area contributed by atoms with E-state index in [0.717, 1.165) is 31.0 Å². The zero-order valence-electron chi connectivity index (χ0n) is 15.4. The molecule has 0 saturated carbocycles. The summed E-state index contributed by atoms with van der Waals surface area (Å²) in [6.45, 7) is 4.31. The summed E-state index contributed by atoms with van der Waals surface area (Å²) < 4.78 is 11.6. The molecule has 1 aromatic carbocycles. The van der Waals surface area contributed by atoms with Gasteiger partial charge in [-0.2, -0.15) is 0 Å². The largest absolute Gasteiger partial charge is 0.480 e. The van der Waals surface area contributed by atoms with Gasteiger partial charge in [0.1, 0.15) is 17.3 Å². The lowest BCUT2D eigenvalue weighted by Gasteiger charge is -2.18. The normalized spacial score (nSPS) is 12.6. The fraction of sp³-hybridized carbons (Fsp3) is 0.421. The fourth-order valence-electron chi connectivity index (χ4n) is 2.34. The predicted molar refractivity (Wildman–Crippen MR) is 98.3 cm³/mol. The van der Waals surface area contributed by atoms with E-state index in [1.165, 1.54) is 0 Å². The summed E-state index contributed by atoms with van der Waals surface area (Å²) in [6, 6.07) is 11.4. The first kappa shape index (κ1) is 19.0. The van der Waals surface area contributed by atoms with Gasteiger partial charge in [-0.1, -0.05) is 12.1 Å². The summed E-state index contributed by atoms with van der Waals surface area (Å²) in [6.07, 6.45) is -0.701. The van der Waals surface area contributed by atoms with Gasteiger partial charge in [-0.3, -0.25) is 9.69 Å². The average molecular weight is 345 g/mol. The van der Waals surface area contributed by atoms with Crippen molar-refractivity contribution in [3.63, 3.8) is 0 Å². The first-order chi connectivity index (χ1) is 11.9. The lowest BCUT2D eigenvalue weighted by Crippen LogP contribution is -2.30. The number of hydrogen-bond acceptors (Lipinski definition) is 5. The fourth-order valence-corrected chi connectivity index (χ4v) is 2.34. The van der Waals surface area contributed by atoms with Crippen LogP contribution in [0.25, 0.3) is 11.3 Å². The summed E-state index contributed by atoms with van der Waals surface area (Å²) in [5.74, 6) is 1.67. The van der Waals surface area contributed by atoms with Crippen molar-refractivity contribution in [2.75, 3.05) is 34.2 Å². The zero-order valence-corrected chi connectivity index (χ0v) is 15.4. The molecule has 1 amide bonds. The number of para-hydroxylation sites is 1. The Balaban J connectivity index is 2.10. The minimum atomic E-state index is -0.701. The van der Waals surface area contributed by atoms with Crippen molar-refractivity contribution in [1.82, 2.24) is 9.80 Å². The Labute approximate surface area is 149 Å². The second-order valence-electron chi connectivity index (χ2n) is 6.47. The molecule has 0 aliphatic rings. The molecule has 0 aliphatic carbocycles. The number of rotatable bonds is 9. The Bertz CT molecular complexity index is 697. The van der Waals surface area contributed by atoms with Gasteiger partial charge in [-0.25, -0.2) is 0 Å². The van der Waals surface area contributed by atoms with Gasteiger partial charge in [-0.15, -0.1) is 0 Å². The maximum atomic E-state index is 11.3. The van der Waals surface area contributed by atoms with E-state index < -0.39 is 12.0 Å². The van der Waals surface area contributed by atoms with Crippen molar-refractivity contribution in [3.05, 3.63) is 42.2 Å². The molecule has 2 N–H and O–H groups in total. The number of nitrogens with zero attached hydrogens (tertiary/aromatic N) is 2. The highest BCUT2D eigenvalue weighted by Gasteiger charge is 2.16. The van der Waals surface area contributed by atoms with Crippen LogP contribution in [-0.4, -0.2) is 56.0 Å². The number of primary amides is 1. The third-order valence-electron chi connectivity index (χ3n) is 3.87. The van der Waals surface area contributed by atoms with Gasteiger partial charge < -0.3 is 19.8 Å². The number of likely N-dealkylation sites (N-methyl/N-ethyl adjacent to an activating group) is 2. The van der Waals surface area contributed by atoms with E-state index in [4.69, 9.17) is 14.9 Å². The SMILES string of the molecule is CC(Oc1ccccc1-c1ccc(CN(C)CCN(C)C)o1)C(N)=O. The molecule has 136 valence electrons. The highest BCUT2D eigenvalue weighted by atomic mass is 16.5. The van der Waals surface area contributed by atoms with Gasteiger partial charge >= 0.3 is 0 Å². The number of ether oxygens (including phenoxy) is 1. The molecule has 6 nitrogen and oxygen atoms in total. The molecule has 25 heavy (non-hydrogen) atoms. The van der Waals surface area contributed by atoms with Gasteiger partial charge in [-0.05, 0) is 52.3 Å². The lowest BCUT2D eigenvalue weighted by molar-refractivity contribution is -0.123. The van der Waals surface area contributed by atoms with Crippen LogP contribution in [-0.2, 0) is 11.3 Å². The highest BCUT2D eigenvalue weighted by molar-refractivity contribution is 5.79. The van der Waals surface area contributed by atoms with Gasteiger partial charge in [0.05, 0.1) is 12.1 Å². The maximum Gasteiger partial charge on any atom is 0.258 e. The van der Waals surface area contributed by atoms with Crippen LogP contribution < -0.4 is 10.5 Å². The summed E-state index contributed by atoms with van der Waals surface area (Å²) in [5.41, 5.74) is 6.09. The van der Waals surface area contributed by atoms with Crippen LogP contribution in [0.3, 0.4) is 0 Å². The minimum Gasteiger partial charge on any atom is -0.480 e. The van der Waals surface area contributed by atoms with E-state index in [1.807, 2.05) is 30.3 Å². The Kier molecular flexibility index (Phi) is 6.61. The van der Waals surface area contributed by atoms with Crippen LogP contribution in [0.5, 0.6) is 5.75 Å². The Morgan fingerprint density at radius 1 is 1.16 bits per heavy atom. The summed E-state index contributed by atoms with van der Waals surface area (Å²) in [7, 11) is 6.18. The maximum absolute atomic E-state index is 11.3. The van der Waals surface area contributed by atoms with Gasteiger partial charge in [0.25, 0.3) is 5.91 Å². The second-order valence-corrected chi connectivity index (χ2v) is 6.47. The molecule has 1 heterocycles. The Hall–Kier alpha value is -2.31. The monoisotopic (exact) mass is 345 g/mol. The Morgan fingerprint density at radius 2 is 1.88 bits per heavy atom. The molecular weight excluding hydrogens is 318 g/mol. The third-order valence-corrected chi connectivity index (χ3v) is 3.87. The van der Waals surface area contributed by atoms with Gasteiger partial charge in [0.15, 0.2) is 6.10 Å². The third kappa shape index (κ3) is 5.62. The van der Waals surface area contributed by atoms with E-state index >= 15 is 0 Å². The van der Waals surface area contributed by atoms with Crippen LogP contribution >= 0.6 is 0 Å². The van der Waals surface area contributed by atoms with Crippen LogP contribution in [0.2, 0.25) is 0 Å². The molecule has 2 aromatic rings. The molecule has 0 spiro atoms. The molecule has 1 aromatic heterocycles. The number of carbonyl (C=O) groups excluding carboxylic acids is 1. The van der Waals surface area contributed by atoms with E-state index in [1.54, 1.807) is 13.0 Å².